The van der Waals surface area contributed by atoms with Crippen LogP contribution >= 0.6 is 0 Å². The quantitative estimate of drug-likeness (QED) is 0.267. The van der Waals surface area contributed by atoms with Crippen molar-refractivity contribution in [1.82, 2.24) is 0 Å². The molecule has 4 saturated carbocycles. The Labute approximate surface area is 233 Å². The summed E-state index contributed by atoms with van der Waals surface area (Å²) in [5.74, 6) is -0.322. The number of hydrogen-bond acceptors (Lipinski definition) is 10. The Hall–Kier alpha value is -1.66. The van der Waals surface area contributed by atoms with Gasteiger partial charge in [-0.1, -0.05) is 6.92 Å². The normalized spacial score (nSPS) is 52.3. The Morgan fingerprint density at radius 2 is 1.70 bits per heavy atom. The van der Waals surface area contributed by atoms with E-state index in [-0.39, 0.29) is 24.2 Å². The first-order chi connectivity index (χ1) is 18.9. The molecule has 0 radical (unpaired) electrons. The maximum absolute atomic E-state index is 13.0. The van der Waals surface area contributed by atoms with Gasteiger partial charge in [-0.15, -0.1) is 0 Å². The molecule has 40 heavy (non-hydrogen) atoms. The van der Waals surface area contributed by atoms with Crippen LogP contribution in [0.25, 0.3) is 0 Å². The highest BCUT2D eigenvalue weighted by Crippen LogP contribution is 2.71. The molecule has 1 saturated heterocycles. The molecular formula is C30H42O10. The Bertz CT molecular complexity index is 1170. The van der Waals surface area contributed by atoms with Crippen LogP contribution in [0.15, 0.2) is 27.6 Å². The predicted octanol–water partition coefficient (Wildman–Crippen LogP) is 1.39. The third-order valence-corrected chi connectivity index (χ3v) is 12.0. The lowest BCUT2D eigenvalue weighted by Crippen LogP contribution is -2.69. The minimum Gasteiger partial charge on any atom is -0.431 e. The molecule has 5 fully saturated rings. The second-order valence-electron chi connectivity index (χ2n) is 13.5. The highest BCUT2D eigenvalue weighted by atomic mass is 16.7. The molecule has 0 aromatic carbocycles. The SMILES string of the molecule is C[C@@H]1O[C@@H](O[C@H]2CC[C@]3(C=O)[C@H]4CC[C@]5(C)[C@@H](c6ccc(=O)oc6)CC[C@]5(O)[C@@H]4CC[C@]3(O)C2)[C@@H](O)[C@H](O)[C@@H]1O. The van der Waals surface area contributed by atoms with Crippen molar-refractivity contribution < 1.29 is 44.2 Å². The van der Waals surface area contributed by atoms with Crippen LogP contribution in [-0.2, 0) is 14.3 Å². The third-order valence-electron chi connectivity index (χ3n) is 12.0. The molecule has 222 valence electrons. The molecule has 10 nitrogen and oxygen atoms in total. The molecule has 13 atom stereocenters. The van der Waals surface area contributed by atoms with E-state index in [1.807, 2.05) is 0 Å². The van der Waals surface area contributed by atoms with Gasteiger partial charge in [0.05, 0.1) is 35.1 Å². The number of rotatable bonds is 4. The second kappa shape index (κ2) is 9.69. The fourth-order valence-corrected chi connectivity index (χ4v) is 9.67. The van der Waals surface area contributed by atoms with Gasteiger partial charge in [0.15, 0.2) is 6.29 Å². The largest absolute Gasteiger partial charge is 0.431 e. The topological polar surface area (TPSA) is 167 Å². The summed E-state index contributed by atoms with van der Waals surface area (Å²) in [6, 6.07) is 3.21. The van der Waals surface area contributed by atoms with Gasteiger partial charge in [0.1, 0.15) is 24.6 Å². The monoisotopic (exact) mass is 562 g/mol. The van der Waals surface area contributed by atoms with Gasteiger partial charge in [0, 0.05) is 17.9 Å². The predicted molar refractivity (Wildman–Crippen MR) is 140 cm³/mol. The fourth-order valence-electron chi connectivity index (χ4n) is 9.67. The molecule has 1 aliphatic heterocycles. The molecular weight excluding hydrogens is 520 g/mol. The molecule has 1 aromatic rings. The molecule has 1 aromatic heterocycles. The maximum Gasteiger partial charge on any atom is 0.335 e. The maximum atomic E-state index is 13.0. The number of carbonyl (C=O) groups is 1. The second-order valence-corrected chi connectivity index (χ2v) is 13.5. The van der Waals surface area contributed by atoms with Crippen molar-refractivity contribution in [2.45, 2.75) is 126 Å². The minimum absolute atomic E-state index is 0.0260. The number of aliphatic hydroxyl groups excluding tert-OH is 3. The Balaban J connectivity index is 1.23. The first-order valence-electron chi connectivity index (χ1n) is 14.7. The van der Waals surface area contributed by atoms with Gasteiger partial charge in [-0.05, 0) is 87.7 Å². The minimum atomic E-state index is -1.44. The Morgan fingerprint density at radius 1 is 0.950 bits per heavy atom. The van der Waals surface area contributed by atoms with Gasteiger partial charge in [-0.25, -0.2) is 4.79 Å². The van der Waals surface area contributed by atoms with E-state index in [2.05, 4.69) is 6.92 Å². The van der Waals surface area contributed by atoms with Crippen LogP contribution in [0.3, 0.4) is 0 Å². The van der Waals surface area contributed by atoms with E-state index in [0.29, 0.717) is 44.9 Å². The van der Waals surface area contributed by atoms with Gasteiger partial charge in [-0.2, -0.15) is 0 Å². The van der Waals surface area contributed by atoms with Crippen molar-refractivity contribution in [3.8, 4) is 0 Å². The van der Waals surface area contributed by atoms with Crippen molar-refractivity contribution >= 4 is 6.29 Å². The van der Waals surface area contributed by atoms with E-state index >= 15 is 0 Å². The lowest BCUT2D eigenvalue weighted by atomic mass is 9.41. The molecule has 4 aliphatic carbocycles. The van der Waals surface area contributed by atoms with Crippen LogP contribution in [0, 0.1) is 22.7 Å². The molecule has 0 amide bonds. The van der Waals surface area contributed by atoms with Gasteiger partial charge in [-0.3, -0.25) is 0 Å². The molecule has 0 spiro atoms. The zero-order valence-electron chi connectivity index (χ0n) is 23.1. The first-order valence-corrected chi connectivity index (χ1v) is 14.7. The number of aldehydes is 1. The van der Waals surface area contributed by atoms with Crippen LogP contribution in [0.4, 0.5) is 0 Å². The molecule has 2 heterocycles. The third kappa shape index (κ3) is 3.87. The van der Waals surface area contributed by atoms with E-state index in [0.717, 1.165) is 18.3 Å². The summed E-state index contributed by atoms with van der Waals surface area (Å²) in [6.45, 7) is 3.71. The smallest absolute Gasteiger partial charge is 0.335 e. The van der Waals surface area contributed by atoms with Gasteiger partial charge < -0.3 is 44.2 Å². The highest BCUT2D eigenvalue weighted by molar-refractivity contribution is 5.64. The molecule has 0 unspecified atom stereocenters. The van der Waals surface area contributed by atoms with E-state index in [9.17, 15) is 35.1 Å². The van der Waals surface area contributed by atoms with E-state index in [4.69, 9.17) is 13.9 Å². The van der Waals surface area contributed by atoms with Crippen molar-refractivity contribution in [1.29, 1.82) is 0 Å². The van der Waals surface area contributed by atoms with Gasteiger partial charge in [0.2, 0.25) is 0 Å². The summed E-state index contributed by atoms with van der Waals surface area (Å²) in [7, 11) is 0. The van der Waals surface area contributed by atoms with Crippen molar-refractivity contribution in [2.24, 2.45) is 22.7 Å². The average molecular weight is 563 g/mol. The van der Waals surface area contributed by atoms with Crippen LogP contribution in [0.2, 0.25) is 0 Å². The summed E-state index contributed by atoms with van der Waals surface area (Å²) in [5.41, 5.74) is -3.34. The number of hydrogen-bond donors (Lipinski definition) is 5. The van der Waals surface area contributed by atoms with Crippen molar-refractivity contribution in [2.75, 3.05) is 0 Å². The summed E-state index contributed by atoms with van der Waals surface area (Å²) in [4.78, 5) is 24.5. The van der Waals surface area contributed by atoms with E-state index in [1.165, 1.54) is 12.3 Å². The van der Waals surface area contributed by atoms with Gasteiger partial charge in [0.25, 0.3) is 0 Å². The Morgan fingerprint density at radius 3 is 2.40 bits per heavy atom. The standard InChI is InChI=1S/C30H42O10/c1-16-23(33)24(34)25(35)26(39-16)40-18-5-10-28(15-31)20-6-9-27(2)19(17-3-4-22(32)38-14-17)8-12-30(27,37)21(20)7-11-29(28,36)13-18/h3-4,14-16,18-21,23-26,33-37H,5-13H2,1-2H3/t16-,18-,19+,20-,21+,23+,24+,25-,26-,27+,28-,29-,30-/m0/s1. The number of carbonyl (C=O) groups excluding carboxylic acids is 1. The van der Waals surface area contributed by atoms with E-state index in [1.54, 1.807) is 13.0 Å². The number of aliphatic hydroxyl groups is 5. The van der Waals surface area contributed by atoms with Crippen LogP contribution in [-0.4, -0.2) is 79.8 Å². The average Bonchev–Trinajstić information content (AvgIpc) is 3.21. The summed E-state index contributed by atoms with van der Waals surface area (Å²) >= 11 is 0. The lowest BCUT2D eigenvalue weighted by Gasteiger charge is -2.65. The summed E-state index contributed by atoms with van der Waals surface area (Å²) in [6.07, 6.45) is 0.559. The van der Waals surface area contributed by atoms with E-state index < -0.39 is 64.5 Å². The summed E-state index contributed by atoms with van der Waals surface area (Å²) < 4.78 is 16.8. The number of ether oxygens (including phenoxy) is 2. The lowest BCUT2D eigenvalue weighted by molar-refractivity contribution is -0.317. The van der Waals surface area contributed by atoms with Crippen LogP contribution < -0.4 is 5.63 Å². The first kappa shape index (κ1) is 28.5. The van der Waals surface area contributed by atoms with Gasteiger partial charge >= 0.3 is 5.63 Å². The Kier molecular flexibility index (Phi) is 6.89. The highest BCUT2D eigenvalue weighted by Gasteiger charge is 2.71. The summed E-state index contributed by atoms with van der Waals surface area (Å²) in [5, 5.41) is 55.1. The molecule has 5 aliphatic rings. The molecule has 5 N–H and O–H groups in total. The zero-order chi connectivity index (χ0) is 28.7. The molecule has 6 rings (SSSR count). The van der Waals surface area contributed by atoms with Crippen molar-refractivity contribution in [3.05, 3.63) is 34.4 Å². The van der Waals surface area contributed by atoms with Crippen LogP contribution in [0.5, 0.6) is 0 Å². The zero-order valence-corrected chi connectivity index (χ0v) is 23.1. The molecule has 10 heteroatoms. The van der Waals surface area contributed by atoms with Crippen LogP contribution in [0.1, 0.15) is 83.1 Å². The van der Waals surface area contributed by atoms with Crippen molar-refractivity contribution in [3.63, 3.8) is 0 Å². The fraction of sp³-hybridized carbons (Fsp3) is 0.800. The molecule has 0 bridgehead atoms. The number of fused-ring (bicyclic) bond motifs is 5.